The average molecular weight is 341 g/mol. The molecular weight excluding hydrogens is 322 g/mol. The number of fused-ring (bicyclic) bond motifs is 1. The lowest BCUT2D eigenvalue weighted by Crippen LogP contribution is -2.45. The first kappa shape index (κ1) is 15.8. The van der Waals surface area contributed by atoms with Crippen molar-refractivity contribution in [3.05, 3.63) is 47.9 Å². The van der Waals surface area contributed by atoms with Gasteiger partial charge >= 0.3 is 0 Å². The Morgan fingerprint density at radius 3 is 2.88 bits per heavy atom. The number of hydrogen-bond acceptors (Lipinski definition) is 6. The van der Waals surface area contributed by atoms with Crippen LogP contribution in [0.25, 0.3) is 11.0 Å². The molecule has 7 nitrogen and oxygen atoms in total. The Hall–Kier alpha value is -2.67. The first-order valence-corrected chi connectivity index (χ1v) is 8.30. The van der Waals surface area contributed by atoms with Gasteiger partial charge in [0.2, 0.25) is 17.7 Å². The van der Waals surface area contributed by atoms with Gasteiger partial charge in [-0.25, -0.2) is 0 Å². The zero-order valence-corrected chi connectivity index (χ0v) is 14.1. The van der Waals surface area contributed by atoms with Crippen LogP contribution >= 0.6 is 0 Å². The summed E-state index contributed by atoms with van der Waals surface area (Å²) in [5.74, 6) is 1.08. The van der Waals surface area contributed by atoms with Crippen LogP contribution in [0.2, 0.25) is 0 Å². The van der Waals surface area contributed by atoms with Gasteiger partial charge in [0.1, 0.15) is 17.4 Å². The Kier molecular flexibility index (Phi) is 4.01. The van der Waals surface area contributed by atoms with Crippen LogP contribution in [0.15, 0.2) is 39.2 Å². The number of nitrogens with zero attached hydrogens (tertiary/aromatic N) is 3. The molecule has 0 saturated carbocycles. The molecule has 7 heteroatoms. The van der Waals surface area contributed by atoms with Crippen molar-refractivity contribution < 1.29 is 18.4 Å². The van der Waals surface area contributed by atoms with Crippen molar-refractivity contribution in [1.29, 1.82) is 0 Å². The molecule has 0 spiro atoms. The SMILES string of the molecule is Cc1nnc([C@H]2COCCN2C(=O)[C@@H](C)c2cc3ccccc3o2)o1. The van der Waals surface area contributed by atoms with E-state index in [1.165, 1.54) is 0 Å². The van der Waals surface area contributed by atoms with E-state index < -0.39 is 5.92 Å². The molecule has 1 saturated heterocycles. The van der Waals surface area contributed by atoms with Crippen molar-refractivity contribution in [3.8, 4) is 0 Å². The summed E-state index contributed by atoms with van der Waals surface area (Å²) in [6, 6.07) is 9.29. The molecule has 1 aliphatic rings. The first-order chi connectivity index (χ1) is 12.1. The number of furan rings is 1. The fourth-order valence-electron chi connectivity index (χ4n) is 3.10. The number of carbonyl (C=O) groups excluding carboxylic acids is 1. The second-order valence-electron chi connectivity index (χ2n) is 6.19. The van der Waals surface area contributed by atoms with Crippen LogP contribution in [0, 0.1) is 6.92 Å². The van der Waals surface area contributed by atoms with Gasteiger partial charge in [0, 0.05) is 18.9 Å². The first-order valence-electron chi connectivity index (χ1n) is 8.30. The third-order valence-electron chi connectivity index (χ3n) is 4.48. The van der Waals surface area contributed by atoms with E-state index in [-0.39, 0.29) is 11.9 Å². The van der Waals surface area contributed by atoms with Crippen LogP contribution in [0.5, 0.6) is 0 Å². The lowest BCUT2D eigenvalue weighted by atomic mass is 10.0. The van der Waals surface area contributed by atoms with Crippen molar-refractivity contribution in [2.45, 2.75) is 25.8 Å². The fraction of sp³-hybridized carbons (Fsp3) is 0.389. The van der Waals surface area contributed by atoms with E-state index in [0.29, 0.717) is 37.3 Å². The second-order valence-corrected chi connectivity index (χ2v) is 6.19. The summed E-state index contributed by atoms with van der Waals surface area (Å²) in [7, 11) is 0. The highest BCUT2D eigenvalue weighted by Crippen LogP contribution is 2.30. The number of hydrogen-bond donors (Lipinski definition) is 0. The minimum atomic E-state index is -0.406. The largest absolute Gasteiger partial charge is 0.460 e. The van der Waals surface area contributed by atoms with Crippen molar-refractivity contribution in [3.63, 3.8) is 0 Å². The Labute approximate surface area is 144 Å². The van der Waals surface area contributed by atoms with Crippen LogP contribution in [-0.4, -0.2) is 40.8 Å². The standard InChI is InChI=1S/C18H19N3O4/c1-11(16-9-13-5-3-4-6-15(13)25-16)18(22)21-7-8-23-10-14(21)17-20-19-12(2)24-17/h3-6,9,11,14H,7-8,10H2,1-2H3/t11-,14+/m0/s1. The summed E-state index contributed by atoms with van der Waals surface area (Å²) in [5.41, 5.74) is 0.781. The molecule has 0 unspecified atom stereocenters. The van der Waals surface area contributed by atoms with E-state index in [1.54, 1.807) is 11.8 Å². The maximum Gasteiger partial charge on any atom is 0.241 e. The van der Waals surface area contributed by atoms with Gasteiger partial charge in [-0.05, 0) is 19.1 Å². The van der Waals surface area contributed by atoms with Gasteiger partial charge in [0.05, 0.1) is 19.1 Å². The van der Waals surface area contributed by atoms with Gasteiger partial charge in [0.25, 0.3) is 0 Å². The maximum absolute atomic E-state index is 13.1. The lowest BCUT2D eigenvalue weighted by molar-refractivity contribution is -0.142. The van der Waals surface area contributed by atoms with E-state index in [0.717, 1.165) is 11.0 Å². The van der Waals surface area contributed by atoms with Crippen LogP contribution in [0.3, 0.4) is 0 Å². The minimum Gasteiger partial charge on any atom is -0.460 e. The predicted molar refractivity (Wildman–Crippen MR) is 88.9 cm³/mol. The Morgan fingerprint density at radius 1 is 1.28 bits per heavy atom. The normalized spacial score (nSPS) is 19.3. The molecule has 4 rings (SSSR count). The van der Waals surface area contributed by atoms with E-state index in [1.807, 2.05) is 37.3 Å². The highest BCUT2D eigenvalue weighted by Gasteiger charge is 2.35. The number of carbonyl (C=O) groups is 1. The van der Waals surface area contributed by atoms with Crippen LogP contribution in [-0.2, 0) is 9.53 Å². The van der Waals surface area contributed by atoms with Gasteiger partial charge in [-0.15, -0.1) is 10.2 Å². The topological polar surface area (TPSA) is 81.6 Å². The maximum atomic E-state index is 13.1. The molecule has 25 heavy (non-hydrogen) atoms. The van der Waals surface area contributed by atoms with Crippen molar-refractivity contribution >= 4 is 16.9 Å². The van der Waals surface area contributed by atoms with Crippen LogP contribution in [0.1, 0.15) is 36.4 Å². The number of para-hydroxylation sites is 1. The van der Waals surface area contributed by atoms with Gasteiger partial charge in [-0.3, -0.25) is 4.79 Å². The monoisotopic (exact) mass is 341 g/mol. The number of amides is 1. The van der Waals surface area contributed by atoms with Crippen LogP contribution < -0.4 is 0 Å². The molecule has 0 N–H and O–H groups in total. The molecule has 3 aromatic rings. The third-order valence-corrected chi connectivity index (χ3v) is 4.48. The number of morpholine rings is 1. The quantitative estimate of drug-likeness (QED) is 0.728. The summed E-state index contributed by atoms with van der Waals surface area (Å²) in [6.45, 7) is 4.90. The van der Waals surface area contributed by atoms with E-state index in [9.17, 15) is 4.79 Å². The molecular formula is C18H19N3O4. The zero-order valence-electron chi connectivity index (χ0n) is 14.1. The molecule has 0 aliphatic carbocycles. The molecule has 2 aromatic heterocycles. The lowest BCUT2D eigenvalue weighted by Gasteiger charge is -2.34. The number of rotatable bonds is 3. The summed E-state index contributed by atoms with van der Waals surface area (Å²) in [4.78, 5) is 14.8. The smallest absolute Gasteiger partial charge is 0.241 e. The highest BCUT2D eigenvalue weighted by molar-refractivity contribution is 5.85. The number of aryl methyl sites for hydroxylation is 1. The van der Waals surface area contributed by atoms with Gasteiger partial charge in [0.15, 0.2) is 0 Å². The van der Waals surface area contributed by atoms with E-state index >= 15 is 0 Å². The van der Waals surface area contributed by atoms with Crippen molar-refractivity contribution in [2.75, 3.05) is 19.8 Å². The molecule has 0 radical (unpaired) electrons. The predicted octanol–water partition coefficient (Wildman–Crippen LogP) is 2.83. The Morgan fingerprint density at radius 2 is 2.12 bits per heavy atom. The van der Waals surface area contributed by atoms with Crippen LogP contribution in [0.4, 0.5) is 0 Å². The number of benzene rings is 1. The average Bonchev–Trinajstić information content (AvgIpc) is 3.26. The Balaban J connectivity index is 1.61. The van der Waals surface area contributed by atoms with Gasteiger partial charge in [-0.1, -0.05) is 18.2 Å². The summed E-state index contributed by atoms with van der Waals surface area (Å²) in [5, 5.41) is 8.90. The fourth-order valence-corrected chi connectivity index (χ4v) is 3.10. The Bertz CT molecular complexity index is 868. The molecule has 3 heterocycles. The summed E-state index contributed by atoms with van der Waals surface area (Å²) >= 11 is 0. The minimum absolute atomic E-state index is 0.0387. The van der Waals surface area contributed by atoms with Gasteiger partial charge < -0.3 is 18.5 Å². The van der Waals surface area contributed by atoms with Crippen molar-refractivity contribution in [1.82, 2.24) is 15.1 Å². The molecule has 130 valence electrons. The summed E-state index contributed by atoms with van der Waals surface area (Å²) in [6.07, 6.45) is 0. The van der Waals surface area contributed by atoms with E-state index in [4.69, 9.17) is 13.6 Å². The third kappa shape index (κ3) is 2.91. The molecule has 2 atom stereocenters. The molecule has 1 fully saturated rings. The second kappa shape index (κ2) is 6.33. The molecule has 0 bridgehead atoms. The van der Waals surface area contributed by atoms with E-state index in [2.05, 4.69) is 10.2 Å². The zero-order chi connectivity index (χ0) is 17.4. The highest BCUT2D eigenvalue weighted by atomic mass is 16.5. The summed E-state index contributed by atoms with van der Waals surface area (Å²) < 4.78 is 16.9. The molecule has 1 aliphatic heterocycles. The molecule has 1 aromatic carbocycles. The number of ether oxygens (including phenoxy) is 1. The van der Waals surface area contributed by atoms with Crippen molar-refractivity contribution in [2.24, 2.45) is 0 Å². The van der Waals surface area contributed by atoms with Gasteiger partial charge in [-0.2, -0.15) is 0 Å². The number of aromatic nitrogens is 2. The molecule has 1 amide bonds.